The summed E-state index contributed by atoms with van der Waals surface area (Å²) in [7, 11) is 3.48. The summed E-state index contributed by atoms with van der Waals surface area (Å²) in [5, 5.41) is 3.07. The zero-order chi connectivity index (χ0) is 8.83. The molecule has 10 heavy (non-hydrogen) atoms. The van der Waals surface area contributed by atoms with E-state index in [1.54, 1.807) is 0 Å². The first kappa shape index (κ1) is 16.5. The van der Waals surface area contributed by atoms with Gasteiger partial charge >= 0.3 is 0 Å². The lowest BCUT2D eigenvalue weighted by Crippen LogP contribution is -2.06. The van der Waals surface area contributed by atoms with Crippen molar-refractivity contribution in [3.63, 3.8) is 0 Å². The summed E-state index contributed by atoms with van der Waals surface area (Å²) in [5.74, 6) is 0. The van der Waals surface area contributed by atoms with E-state index in [-0.39, 0.29) is 0 Å². The van der Waals surface area contributed by atoms with E-state index in [4.69, 9.17) is 0 Å². The fraction of sp³-hybridized carbons (Fsp3) is 1.00. The summed E-state index contributed by atoms with van der Waals surface area (Å²) < 4.78 is 0. The van der Waals surface area contributed by atoms with Crippen molar-refractivity contribution in [1.82, 2.24) is 5.32 Å². The highest BCUT2D eigenvalue weighted by Gasteiger charge is 1.73. The number of nitrogens with one attached hydrogen (secondary N) is 1. The lowest BCUT2D eigenvalue weighted by Gasteiger charge is -1.89. The lowest BCUT2D eigenvalue weighted by atomic mass is 10.3. The zero-order valence-electron chi connectivity index (χ0n) is 8.20. The normalized spacial score (nSPS) is 6.60. The molecule has 0 amide bonds. The molecule has 0 aliphatic carbocycles. The maximum Gasteiger partial charge on any atom is -0.00520 e. The highest BCUT2D eigenvalue weighted by Crippen LogP contribution is 1.79. The lowest BCUT2D eigenvalue weighted by molar-refractivity contribution is 0.711. The fourth-order valence-corrected chi connectivity index (χ4v) is 0.354. The molecule has 0 rings (SSSR count). The highest BCUT2D eigenvalue weighted by molar-refractivity contribution is 4.34. The Morgan fingerprint density at radius 1 is 1.20 bits per heavy atom. The van der Waals surface area contributed by atoms with Crippen molar-refractivity contribution in [3.8, 4) is 0 Å². The van der Waals surface area contributed by atoms with Crippen LogP contribution < -0.4 is 11.1 Å². The van der Waals surface area contributed by atoms with Gasteiger partial charge in [0.05, 0.1) is 0 Å². The molecule has 0 spiro atoms. The van der Waals surface area contributed by atoms with Crippen molar-refractivity contribution in [3.05, 3.63) is 0 Å². The van der Waals surface area contributed by atoms with Gasteiger partial charge in [-0.3, -0.25) is 0 Å². The number of hydrogen-bond acceptors (Lipinski definition) is 2. The van der Waals surface area contributed by atoms with Gasteiger partial charge in [-0.25, -0.2) is 0 Å². The Kier molecular flexibility index (Phi) is 60.0. The van der Waals surface area contributed by atoms with Crippen LogP contribution in [0.3, 0.4) is 0 Å². The molecule has 0 aliphatic heterocycles. The first-order chi connectivity index (χ1) is 4.91. The van der Waals surface area contributed by atoms with E-state index in [0.29, 0.717) is 0 Å². The molecule has 0 aromatic heterocycles. The van der Waals surface area contributed by atoms with Crippen molar-refractivity contribution >= 4 is 0 Å². The summed E-state index contributed by atoms with van der Waals surface area (Å²) in [4.78, 5) is 0. The summed E-state index contributed by atoms with van der Waals surface area (Å²) in [5.41, 5.74) is 4.50. The van der Waals surface area contributed by atoms with E-state index in [9.17, 15) is 0 Å². The first-order valence-corrected chi connectivity index (χ1v) is 4.14. The minimum Gasteiger partial charge on any atom is -0.333 e. The van der Waals surface area contributed by atoms with Crippen LogP contribution in [0.4, 0.5) is 0 Å². The molecule has 0 atom stereocenters. The minimum absolute atomic E-state index is 1.16. The molecule has 2 heteroatoms. The summed E-state index contributed by atoms with van der Waals surface area (Å²) >= 11 is 0. The average molecular weight is 148 g/mol. The Labute approximate surface area is 66.2 Å². The van der Waals surface area contributed by atoms with E-state index in [1.165, 1.54) is 19.9 Å². The molecule has 0 saturated carbocycles. The monoisotopic (exact) mass is 148 g/mol. The molecule has 0 aromatic rings. The molecular formula is C8H24N2. The van der Waals surface area contributed by atoms with Crippen molar-refractivity contribution in [2.24, 2.45) is 5.73 Å². The molecule has 0 fully saturated rings. The number of unbranched alkanes of at least 4 members (excludes halogenated alkanes) is 1. The van der Waals surface area contributed by atoms with Crippen LogP contribution in [0.25, 0.3) is 0 Å². The molecule has 0 unspecified atom stereocenters. The maximum atomic E-state index is 4.50. The zero-order valence-corrected chi connectivity index (χ0v) is 8.20. The molecule has 3 N–H and O–H groups in total. The van der Waals surface area contributed by atoms with Gasteiger partial charge in [0.15, 0.2) is 0 Å². The van der Waals surface area contributed by atoms with E-state index < -0.39 is 0 Å². The molecule has 2 nitrogen and oxygen atoms in total. The largest absolute Gasteiger partial charge is 0.333 e. The van der Waals surface area contributed by atoms with E-state index >= 15 is 0 Å². The number of nitrogens with two attached hydrogens (primary N) is 1. The van der Waals surface area contributed by atoms with Crippen molar-refractivity contribution < 1.29 is 0 Å². The Balaban J connectivity index is -0.000000105. The molecular weight excluding hydrogens is 124 g/mol. The molecule has 66 valence electrons. The molecule has 0 aromatic carbocycles. The Morgan fingerprint density at radius 3 is 1.70 bits per heavy atom. The van der Waals surface area contributed by atoms with Gasteiger partial charge in [0.1, 0.15) is 0 Å². The third-order valence-electron chi connectivity index (χ3n) is 0.780. The van der Waals surface area contributed by atoms with E-state index in [2.05, 4.69) is 18.0 Å². The van der Waals surface area contributed by atoms with Gasteiger partial charge in [0.2, 0.25) is 0 Å². The van der Waals surface area contributed by atoms with Gasteiger partial charge < -0.3 is 11.1 Å². The van der Waals surface area contributed by atoms with Gasteiger partial charge in [0.25, 0.3) is 0 Å². The van der Waals surface area contributed by atoms with Crippen molar-refractivity contribution in [2.75, 3.05) is 20.6 Å². The Morgan fingerprint density at radius 2 is 1.60 bits per heavy atom. The van der Waals surface area contributed by atoms with Crippen molar-refractivity contribution in [2.45, 2.75) is 33.6 Å². The van der Waals surface area contributed by atoms with Crippen LogP contribution >= 0.6 is 0 Å². The molecule has 0 aliphatic rings. The molecule has 0 bridgehead atoms. The predicted octanol–water partition coefficient (Wildman–Crippen LogP) is 1.61. The van der Waals surface area contributed by atoms with E-state index in [1.807, 2.05) is 20.9 Å². The SMILES string of the molecule is CC.CCCCNC.CN. The van der Waals surface area contributed by atoms with Crippen LogP contribution in [0.5, 0.6) is 0 Å². The third-order valence-corrected chi connectivity index (χ3v) is 0.780. The Hall–Kier alpha value is -0.0800. The highest BCUT2D eigenvalue weighted by atomic mass is 14.8. The van der Waals surface area contributed by atoms with Crippen molar-refractivity contribution in [1.29, 1.82) is 0 Å². The topological polar surface area (TPSA) is 38.0 Å². The Bertz CT molecular complexity index is 19.2. The second kappa shape index (κ2) is 36.4. The molecule has 0 radical (unpaired) electrons. The van der Waals surface area contributed by atoms with Crippen LogP contribution in [-0.2, 0) is 0 Å². The predicted molar refractivity (Wildman–Crippen MR) is 50.3 cm³/mol. The first-order valence-electron chi connectivity index (χ1n) is 4.14. The van der Waals surface area contributed by atoms with Crippen LogP contribution in [0.1, 0.15) is 33.6 Å². The van der Waals surface area contributed by atoms with E-state index in [0.717, 1.165) is 6.54 Å². The summed E-state index contributed by atoms with van der Waals surface area (Å²) in [6, 6.07) is 0. The second-order valence-electron chi connectivity index (χ2n) is 1.46. The minimum atomic E-state index is 1.16. The summed E-state index contributed by atoms with van der Waals surface area (Å²) in [6.07, 6.45) is 2.59. The fourth-order valence-electron chi connectivity index (χ4n) is 0.354. The standard InChI is InChI=1S/C5H13N.C2H6.CH5N/c1-3-4-5-6-2;2*1-2/h6H,3-5H2,1-2H3;1-2H3;2H2,1H3. The smallest absolute Gasteiger partial charge is 0.00520 e. The maximum absolute atomic E-state index is 4.50. The van der Waals surface area contributed by atoms with Gasteiger partial charge in [0, 0.05) is 0 Å². The van der Waals surface area contributed by atoms with Crippen LogP contribution in [0.2, 0.25) is 0 Å². The number of rotatable bonds is 3. The van der Waals surface area contributed by atoms with Crippen LogP contribution in [0.15, 0.2) is 0 Å². The van der Waals surface area contributed by atoms with Crippen LogP contribution in [-0.4, -0.2) is 20.6 Å². The molecule has 0 saturated heterocycles. The van der Waals surface area contributed by atoms with Gasteiger partial charge in [-0.2, -0.15) is 0 Å². The summed E-state index contributed by atoms with van der Waals surface area (Å²) in [6.45, 7) is 7.36. The van der Waals surface area contributed by atoms with Gasteiger partial charge in [-0.1, -0.05) is 27.2 Å². The van der Waals surface area contributed by atoms with Crippen LogP contribution in [0, 0.1) is 0 Å². The average Bonchev–Trinajstić information content (AvgIpc) is 2.08. The second-order valence-corrected chi connectivity index (χ2v) is 1.46. The third kappa shape index (κ3) is 44.5. The quantitative estimate of drug-likeness (QED) is 0.597. The van der Waals surface area contributed by atoms with Gasteiger partial charge in [-0.05, 0) is 27.1 Å². The molecule has 0 heterocycles. The van der Waals surface area contributed by atoms with Gasteiger partial charge in [-0.15, -0.1) is 0 Å². The number of hydrogen-bond donors (Lipinski definition) is 2.